The van der Waals surface area contributed by atoms with Crippen molar-refractivity contribution in [1.29, 1.82) is 0 Å². The van der Waals surface area contributed by atoms with Crippen LogP contribution in [0.1, 0.15) is 52.3 Å². The van der Waals surface area contributed by atoms with Crippen molar-refractivity contribution in [3.8, 4) is 5.75 Å². The summed E-state index contributed by atoms with van der Waals surface area (Å²) in [6.45, 7) is 4.81. The second kappa shape index (κ2) is 10.9. The fourth-order valence-electron chi connectivity index (χ4n) is 3.55. The molecule has 0 aliphatic heterocycles. The predicted molar refractivity (Wildman–Crippen MR) is 135 cm³/mol. The summed E-state index contributed by atoms with van der Waals surface area (Å²) in [4.78, 5) is 26.4. The molecule has 0 spiro atoms. The molecule has 1 atom stereocenters. The van der Waals surface area contributed by atoms with Gasteiger partial charge < -0.3 is 10.1 Å². The molecular weight excluding hydrogens is 446 g/mol. The Morgan fingerprint density at radius 2 is 1.71 bits per heavy atom. The summed E-state index contributed by atoms with van der Waals surface area (Å²) in [7, 11) is 0. The van der Waals surface area contributed by atoms with Gasteiger partial charge in [0.25, 0.3) is 11.5 Å². The summed E-state index contributed by atoms with van der Waals surface area (Å²) < 4.78 is 6.92. The molecule has 2 aromatic carbocycles. The third-order valence-electron chi connectivity index (χ3n) is 5.45. The third kappa shape index (κ3) is 5.80. The lowest BCUT2D eigenvalue weighted by atomic mass is 9.98. The van der Waals surface area contributed by atoms with Crippen LogP contribution < -0.4 is 15.6 Å². The molecule has 6 nitrogen and oxygen atoms in total. The number of rotatable bonds is 9. The lowest BCUT2D eigenvalue weighted by Crippen LogP contribution is -2.33. The van der Waals surface area contributed by atoms with E-state index in [1.807, 2.05) is 47.8 Å². The molecule has 0 saturated carbocycles. The van der Waals surface area contributed by atoms with Gasteiger partial charge in [-0.25, -0.2) is 4.68 Å². The van der Waals surface area contributed by atoms with Crippen LogP contribution >= 0.6 is 11.3 Å². The number of carbonyl (C=O) groups excluding carboxylic acids is 1. The summed E-state index contributed by atoms with van der Waals surface area (Å²) in [6.07, 6.45) is 0. The highest BCUT2D eigenvalue weighted by molar-refractivity contribution is 7.10. The molecule has 34 heavy (non-hydrogen) atoms. The van der Waals surface area contributed by atoms with Gasteiger partial charge in [-0.2, -0.15) is 5.10 Å². The number of ether oxygens (including phenoxy) is 1. The Morgan fingerprint density at radius 3 is 2.38 bits per heavy atom. The number of thiophene rings is 1. The van der Waals surface area contributed by atoms with Gasteiger partial charge in [0.05, 0.1) is 12.6 Å². The Labute approximate surface area is 202 Å². The number of nitrogens with zero attached hydrogens (tertiary/aromatic N) is 2. The van der Waals surface area contributed by atoms with Crippen LogP contribution in [0.15, 0.2) is 89.0 Å². The lowest BCUT2D eigenvalue weighted by Gasteiger charge is -2.19. The molecule has 0 aliphatic rings. The molecule has 0 saturated heterocycles. The smallest absolute Gasteiger partial charge is 0.272 e. The average molecular weight is 474 g/mol. The van der Waals surface area contributed by atoms with Crippen molar-refractivity contribution < 1.29 is 9.53 Å². The van der Waals surface area contributed by atoms with Crippen molar-refractivity contribution in [2.75, 3.05) is 6.61 Å². The zero-order valence-electron chi connectivity index (χ0n) is 19.2. The maximum Gasteiger partial charge on any atom is 0.272 e. The van der Waals surface area contributed by atoms with Gasteiger partial charge in [0, 0.05) is 10.9 Å². The highest BCUT2D eigenvalue weighted by atomic mass is 32.1. The molecule has 7 heteroatoms. The Balaban J connectivity index is 1.50. The van der Waals surface area contributed by atoms with Gasteiger partial charge in [-0.3, -0.25) is 9.59 Å². The fraction of sp³-hybridized carbons (Fsp3) is 0.222. The van der Waals surface area contributed by atoms with Gasteiger partial charge in [-0.15, -0.1) is 11.3 Å². The van der Waals surface area contributed by atoms with Crippen LogP contribution in [0.2, 0.25) is 0 Å². The molecule has 0 aliphatic carbocycles. The molecule has 0 bridgehead atoms. The number of aromatic nitrogens is 2. The van der Waals surface area contributed by atoms with E-state index in [4.69, 9.17) is 4.74 Å². The van der Waals surface area contributed by atoms with Crippen molar-refractivity contribution in [2.24, 2.45) is 0 Å². The number of benzene rings is 2. The molecule has 2 heterocycles. The molecule has 0 fully saturated rings. The Kier molecular flexibility index (Phi) is 7.54. The van der Waals surface area contributed by atoms with Crippen molar-refractivity contribution in [2.45, 2.75) is 32.4 Å². The molecule has 4 aromatic rings. The first-order chi connectivity index (χ1) is 16.5. The Bertz CT molecular complexity index is 1270. The number of amides is 1. The average Bonchev–Trinajstić information content (AvgIpc) is 3.39. The summed E-state index contributed by atoms with van der Waals surface area (Å²) in [5.41, 5.74) is 2.13. The minimum atomic E-state index is -0.343. The maximum absolute atomic E-state index is 13.1. The normalized spacial score (nSPS) is 11.9. The molecule has 0 radical (unpaired) electrons. The van der Waals surface area contributed by atoms with E-state index in [-0.39, 0.29) is 36.4 Å². The summed E-state index contributed by atoms with van der Waals surface area (Å²) in [5, 5.41) is 9.36. The fourth-order valence-corrected chi connectivity index (χ4v) is 4.35. The minimum absolute atomic E-state index is 0.180. The van der Waals surface area contributed by atoms with Crippen LogP contribution in [0.25, 0.3) is 0 Å². The van der Waals surface area contributed by atoms with Gasteiger partial charge in [-0.05, 0) is 46.7 Å². The largest absolute Gasteiger partial charge is 0.492 e. The van der Waals surface area contributed by atoms with E-state index < -0.39 is 0 Å². The zero-order chi connectivity index (χ0) is 23.9. The van der Waals surface area contributed by atoms with Crippen LogP contribution in [0, 0.1) is 0 Å². The van der Waals surface area contributed by atoms with E-state index in [1.165, 1.54) is 22.4 Å². The van der Waals surface area contributed by atoms with Crippen LogP contribution in [0.3, 0.4) is 0 Å². The number of para-hydroxylation sites is 1. The van der Waals surface area contributed by atoms with E-state index in [0.717, 1.165) is 10.4 Å². The van der Waals surface area contributed by atoms with E-state index in [9.17, 15) is 9.59 Å². The van der Waals surface area contributed by atoms with E-state index in [2.05, 4.69) is 48.5 Å². The highest BCUT2D eigenvalue weighted by Crippen LogP contribution is 2.27. The standard InChI is InChI=1S/C27H27N3O3S/c1-19(2)20-10-12-21(13-11-20)26(24-9-6-18-34-24)28-27(32)23-14-15-25(31)30(29-23)16-17-33-22-7-4-3-5-8-22/h3-15,18-19,26H,16-17H2,1-2H3,(H,28,32). The monoisotopic (exact) mass is 473 g/mol. The molecule has 1 N–H and O–H groups in total. The van der Waals surface area contributed by atoms with Crippen LogP contribution in [0.4, 0.5) is 0 Å². The summed E-state index contributed by atoms with van der Waals surface area (Å²) >= 11 is 1.58. The van der Waals surface area contributed by atoms with Crippen LogP contribution in [-0.2, 0) is 6.54 Å². The quantitative estimate of drug-likeness (QED) is 0.370. The van der Waals surface area contributed by atoms with Crippen molar-refractivity contribution in [3.63, 3.8) is 0 Å². The van der Waals surface area contributed by atoms with Crippen molar-refractivity contribution >= 4 is 17.2 Å². The summed E-state index contributed by atoms with van der Waals surface area (Å²) in [5.74, 6) is 0.802. The molecule has 2 aromatic heterocycles. The summed E-state index contributed by atoms with van der Waals surface area (Å²) in [6, 6.07) is 24.1. The van der Waals surface area contributed by atoms with Crippen LogP contribution in [-0.4, -0.2) is 22.3 Å². The SMILES string of the molecule is CC(C)c1ccc(C(NC(=O)c2ccc(=O)n(CCOc3ccccc3)n2)c2cccs2)cc1. The van der Waals surface area contributed by atoms with E-state index in [1.54, 1.807) is 11.3 Å². The topological polar surface area (TPSA) is 73.2 Å². The van der Waals surface area contributed by atoms with Gasteiger partial charge in [0.2, 0.25) is 0 Å². The molecule has 174 valence electrons. The molecule has 4 rings (SSSR count). The minimum Gasteiger partial charge on any atom is -0.492 e. The second-order valence-electron chi connectivity index (χ2n) is 8.18. The molecule has 1 unspecified atom stereocenters. The van der Waals surface area contributed by atoms with Gasteiger partial charge in [0.1, 0.15) is 18.1 Å². The van der Waals surface area contributed by atoms with Gasteiger partial charge in [0.15, 0.2) is 0 Å². The van der Waals surface area contributed by atoms with Gasteiger partial charge in [-0.1, -0.05) is 62.4 Å². The lowest BCUT2D eigenvalue weighted by molar-refractivity contribution is 0.0935. The third-order valence-corrected chi connectivity index (χ3v) is 6.39. The zero-order valence-corrected chi connectivity index (χ0v) is 20.0. The van der Waals surface area contributed by atoms with E-state index in [0.29, 0.717) is 11.7 Å². The highest BCUT2D eigenvalue weighted by Gasteiger charge is 2.20. The number of carbonyl (C=O) groups is 1. The van der Waals surface area contributed by atoms with Crippen LogP contribution in [0.5, 0.6) is 5.75 Å². The van der Waals surface area contributed by atoms with E-state index >= 15 is 0 Å². The molecular formula is C27H27N3O3S. The number of hydrogen-bond donors (Lipinski definition) is 1. The number of hydrogen-bond acceptors (Lipinski definition) is 5. The predicted octanol–water partition coefficient (Wildman–Crippen LogP) is 5.03. The number of nitrogens with one attached hydrogen (secondary N) is 1. The first kappa shape index (κ1) is 23.4. The second-order valence-corrected chi connectivity index (χ2v) is 9.16. The Hall–Kier alpha value is -3.71. The maximum atomic E-state index is 13.1. The van der Waals surface area contributed by atoms with Crippen molar-refractivity contribution in [1.82, 2.24) is 15.1 Å². The first-order valence-corrected chi connectivity index (χ1v) is 12.1. The Morgan fingerprint density at radius 1 is 0.971 bits per heavy atom. The first-order valence-electron chi connectivity index (χ1n) is 11.2. The van der Waals surface area contributed by atoms with Crippen molar-refractivity contribution in [3.05, 3.63) is 116 Å². The molecule has 1 amide bonds. The van der Waals surface area contributed by atoms with Gasteiger partial charge >= 0.3 is 0 Å².